The third-order valence-electron chi connectivity index (χ3n) is 6.43. The van der Waals surface area contributed by atoms with Gasteiger partial charge >= 0.3 is 0 Å². The fourth-order valence-electron chi connectivity index (χ4n) is 4.82. The van der Waals surface area contributed by atoms with Gasteiger partial charge in [-0.15, -0.1) is 0 Å². The number of aliphatic hydroxyl groups is 1. The molecule has 1 aromatic carbocycles. The number of aromatic nitrogens is 2. The molecule has 196 valence electrons. The van der Waals surface area contributed by atoms with Crippen molar-refractivity contribution in [2.24, 2.45) is 5.92 Å². The molecule has 1 saturated heterocycles. The summed E-state index contributed by atoms with van der Waals surface area (Å²) in [5.74, 6) is 0.297. The van der Waals surface area contributed by atoms with Crippen molar-refractivity contribution in [3.8, 4) is 17.0 Å². The summed E-state index contributed by atoms with van der Waals surface area (Å²) in [6, 6.07) is 10.9. The number of aliphatic hydroxyl groups excluding tert-OH is 1. The molecule has 1 fully saturated rings. The first-order valence-corrected chi connectivity index (χ1v) is 13.3. The second-order valence-electron chi connectivity index (χ2n) is 9.83. The lowest BCUT2D eigenvalue weighted by atomic mass is 9.97. The number of amides is 1. The van der Waals surface area contributed by atoms with Crippen molar-refractivity contribution in [1.29, 1.82) is 0 Å². The van der Waals surface area contributed by atoms with Crippen LogP contribution in [0.15, 0.2) is 58.4 Å². The number of carbonyl (C=O) groups excluding carboxylic acids is 1. The molecule has 3 N–H and O–H groups in total. The Balaban J connectivity index is 1.82. The van der Waals surface area contributed by atoms with Gasteiger partial charge in [0.15, 0.2) is 4.90 Å². The van der Waals surface area contributed by atoms with Crippen LogP contribution in [0.1, 0.15) is 43.1 Å². The molecule has 3 heterocycles. The Hall–Kier alpha value is -3.70. The second kappa shape index (κ2) is 9.98. The van der Waals surface area contributed by atoms with E-state index in [1.165, 1.54) is 25.4 Å². The Bertz CT molecular complexity index is 1480. The molecule has 1 aliphatic heterocycles. The van der Waals surface area contributed by atoms with E-state index in [-0.39, 0.29) is 17.7 Å². The maximum Gasteiger partial charge on any atom is 0.269 e. The lowest BCUT2D eigenvalue weighted by Crippen LogP contribution is -2.41. The minimum Gasteiger partial charge on any atom is -0.497 e. The number of ether oxygens (including phenoxy) is 1. The lowest BCUT2D eigenvalue weighted by Gasteiger charge is -2.34. The van der Waals surface area contributed by atoms with Crippen LogP contribution in [-0.2, 0) is 16.6 Å². The number of anilines is 1. The van der Waals surface area contributed by atoms with Crippen LogP contribution in [0.5, 0.6) is 5.75 Å². The predicted octanol–water partition coefficient (Wildman–Crippen LogP) is 2.68. The highest BCUT2D eigenvalue weighted by molar-refractivity contribution is 7.90. The van der Waals surface area contributed by atoms with Gasteiger partial charge in [-0.05, 0) is 74.2 Å². The number of nitrogens with zero attached hydrogens (tertiary/aromatic N) is 2. The number of hydrogen-bond donors (Lipinski definition) is 3. The van der Waals surface area contributed by atoms with Crippen LogP contribution in [0.2, 0.25) is 0 Å². The molecular weight excluding hydrogens is 496 g/mol. The predicted molar refractivity (Wildman–Crippen MR) is 139 cm³/mol. The number of hydrogen-bond acceptors (Lipinski definition) is 8. The van der Waals surface area contributed by atoms with Crippen LogP contribution in [-0.4, -0.2) is 48.6 Å². The van der Waals surface area contributed by atoms with E-state index in [4.69, 9.17) is 9.72 Å². The minimum atomic E-state index is -4.43. The first-order valence-electron chi connectivity index (χ1n) is 11.8. The molecule has 1 aliphatic rings. The van der Waals surface area contributed by atoms with Crippen molar-refractivity contribution in [3.63, 3.8) is 0 Å². The van der Waals surface area contributed by atoms with E-state index in [0.717, 1.165) is 12.5 Å². The Morgan fingerprint density at radius 1 is 1.27 bits per heavy atom. The van der Waals surface area contributed by atoms with E-state index in [1.54, 1.807) is 24.3 Å². The van der Waals surface area contributed by atoms with Gasteiger partial charge < -0.3 is 19.7 Å². The normalized spacial score (nSPS) is 17.0. The number of sulfonamides is 1. The van der Waals surface area contributed by atoms with Crippen LogP contribution in [0, 0.1) is 5.92 Å². The van der Waals surface area contributed by atoms with Crippen LogP contribution in [0.3, 0.4) is 0 Å². The third-order valence-corrected chi connectivity index (χ3v) is 7.78. The average molecular weight is 527 g/mol. The molecule has 0 spiro atoms. The number of pyridine rings is 2. The van der Waals surface area contributed by atoms with Gasteiger partial charge in [-0.2, -0.15) is 0 Å². The molecule has 10 nitrogen and oxygen atoms in total. The Morgan fingerprint density at radius 2 is 2.03 bits per heavy atom. The van der Waals surface area contributed by atoms with E-state index in [0.29, 0.717) is 40.9 Å². The first-order chi connectivity index (χ1) is 17.4. The van der Waals surface area contributed by atoms with Gasteiger partial charge in [-0.1, -0.05) is 6.92 Å². The zero-order valence-corrected chi connectivity index (χ0v) is 21.9. The summed E-state index contributed by atoms with van der Waals surface area (Å²) < 4.78 is 33.1. The minimum absolute atomic E-state index is 0.0622. The van der Waals surface area contributed by atoms with Crippen molar-refractivity contribution in [2.45, 2.75) is 44.2 Å². The molecule has 0 saturated carbocycles. The maximum absolute atomic E-state index is 13.3. The SMILES string of the molecule is COc1cc(CO)cc(-c2ccc(C(=O)NS(=O)(=O)c3ccc[nH]c3=O)c(N3CC(C)CC3(C)C)n2)c1. The van der Waals surface area contributed by atoms with E-state index in [1.807, 2.05) is 23.5 Å². The molecular formula is C26H30N4O6S. The molecule has 37 heavy (non-hydrogen) atoms. The number of aromatic amines is 1. The van der Waals surface area contributed by atoms with Gasteiger partial charge in [0, 0.05) is 23.8 Å². The van der Waals surface area contributed by atoms with Crippen molar-refractivity contribution in [1.82, 2.24) is 14.7 Å². The van der Waals surface area contributed by atoms with Crippen molar-refractivity contribution in [3.05, 3.63) is 70.1 Å². The molecule has 4 rings (SSSR count). The van der Waals surface area contributed by atoms with Gasteiger partial charge in [0.2, 0.25) is 0 Å². The van der Waals surface area contributed by atoms with Crippen LogP contribution >= 0.6 is 0 Å². The number of rotatable bonds is 7. The quantitative estimate of drug-likeness (QED) is 0.427. The molecule has 0 aliphatic carbocycles. The van der Waals surface area contributed by atoms with E-state index < -0.39 is 26.4 Å². The number of nitrogens with one attached hydrogen (secondary N) is 2. The molecule has 11 heteroatoms. The second-order valence-corrected chi connectivity index (χ2v) is 11.5. The summed E-state index contributed by atoms with van der Waals surface area (Å²) in [6.07, 6.45) is 2.16. The molecule has 0 radical (unpaired) electrons. The molecule has 1 unspecified atom stereocenters. The first kappa shape index (κ1) is 26.4. The molecule has 1 atom stereocenters. The Labute approximate surface area is 215 Å². The average Bonchev–Trinajstić information content (AvgIpc) is 3.14. The van der Waals surface area contributed by atoms with Crippen LogP contribution in [0.25, 0.3) is 11.3 Å². The number of methoxy groups -OCH3 is 1. The summed E-state index contributed by atoms with van der Waals surface area (Å²) in [7, 11) is -2.91. The van der Waals surface area contributed by atoms with Gasteiger partial charge in [-0.3, -0.25) is 9.59 Å². The summed E-state index contributed by atoms with van der Waals surface area (Å²) >= 11 is 0. The van der Waals surface area contributed by atoms with Crippen molar-refractivity contribution < 1.29 is 23.1 Å². The largest absolute Gasteiger partial charge is 0.497 e. The Kier molecular flexibility index (Phi) is 7.11. The summed E-state index contributed by atoms with van der Waals surface area (Å²) in [5.41, 5.74) is 0.716. The van der Waals surface area contributed by atoms with Crippen LogP contribution in [0.4, 0.5) is 5.82 Å². The third kappa shape index (κ3) is 5.37. The van der Waals surface area contributed by atoms with Gasteiger partial charge in [0.25, 0.3) is 21.5 Å². The van der Waals surface area contributed by atoms with Gasteiger partial charge in [-0.25, -0.2) is 18.1 Å². The van der Waals surface area contributed by atoms with Crippen molar-refractivity contribution in [2.75, 3.05) is 18.6 Å². The number of benzene rings is 1. The topological polar surface area (TPSA) is 142 Å². The summed E-state index contributed by atoms with van der Waals surface area (Å²) in [5, 5.41) is 9.67. The highest BCUT2D eigenvalue weighted by Gasteiger charge is 2.39. The standard InChI is InChI=1S/C26H30N4O6S/c1-16-13-26(2,3)30(14-16)23-20(24(32)29-37(34,35)22-6-5-9-27-25(22)33)7-8-21(28-23)18-10-17(15-31)11-19(12-18)36-4/h5-12,16,31H,13-15H2,1-4H3,(H,27,33)(H,29,32). The zero-order valence-electron chi connectivity index (χ0n) is 21.1. The molecule has 2 aromatic heterocycles. The summed E-state index contributed by atoms with van der Waals surface area (Å²) in [6.45, 7) is 6.62. The van der Waals surface area contributed by atoms with E-state index in [2.05, 4.69) is 11.9 Å². The van der Waals surface area contributed by atoms with E-state index >= 15 is 0 Å². The highest BCUT2D eigenvalue weighted by Crippen LogP contribution is 2.38. The molecule has 0 bridgehead atoms. The highest BCUT2D eigenvalue weighted by atomic mass is 32.2. The fraction of sp³-hybridized carbons (Fsp3) is 0.346. The van der Waals surface area contributed by atoms with E-state index in [9.17, 15) is 23.1 Å². The molecule has 3 aromatic rings. The van der Waals surface area contributed by atoms with Crippen LogP contribution < -0.4 is 19.9 Å². The van der Waals surface area contributed by atoms with Gasteiger partial charge in [0.1, 0.15) is 11.6 Å². The Morgan fingerprint density at radius 3 is 2.65 bits per heavy atom. The molecule has 1 amide bonds. The van der Waals surface area contributed by atoms with Crippen molar-refractivity contribution >= 4 is 21.7 Å². The summed E-state index contributed by atoms with van der Waals surface area (Å²) in [4.78, 5) is 34.0. The van der Waals surface area contributed by atoms with Gasteiger partial charge in [0.05, 0.1) is 25.0 Å². The number of carbonyl (C=O) groups is 1. The zero-order chi connectivity index (χ0) is 27.0. The maximum atomic E-state index is 13.3. The monoisotopic (exact) mass is 526 g/mol. The number of H-pyrrole nitrogens is 1. The lowest BCUT2D eigenvalue weighted by molar-refractivity contribution is 0.0981. The fourth-order valence-corrected chi connectivity index (χ4v) is 5.84. The smallest absolute Gasteiger partial charge is 0.269 e.